The molecule has 148 valence electrons. The maximum Gasteiger partial charge on any atom is 0.341 e. The molecule has 1 aromatic heterocycles. The predicted octanol–water partition coefficient (Wildman–Crippen LogP) is 3.06. The van der Waals surface area contributed by atoms with E-state index in [2.05, 4.69) is 39.0 Å². The third-order valence-electron chi connectivity index (χ3n) is 5.30. The van der Waals surface area contributed by atoms with Crippen LogP contribution in [-0.4, -0.2) is 47.1 Å². The molecule has 1 aliphatic heterocycles. The van der Waals surface area contributed by atoms with Crippen LogP contribution in [0.3, 0.4) is 0 Å². The molecule has 0 spiro atoms. The molecule has 0 radical (unpaired) electrons. The number of benzene rings is 2. The van der Waals surface area contributed by atoms with Crippen molar-refractivity contribution >= 4 is 11.7 Å². The van der Waals surface area contributed by atoms with Crippen molar-refractivity contribution in [3.8, 4) is 11.3 Å². The monoisotopic (exact) mass is 389 g/mol. The number of piperazine rings is 1. The van der Waals surface area contributed by atoms with E-state index in [4.69, 9.17) is 5.11 Å². The lowest BCUT2D eigenvalue weighted by atomic mass is 10.1. The SMILES string of the molecule is O=C(O)c1ccc(-c2ccc(N3CCN(Cc4ccccc4)CC3)cc2)[nH]c1=O. The summed E-state index contributed by atoms with van der Waals surface area (Å²) in [6.07, 6.45) is 0. The highest BCUT2D eigenvalue weighted by Gasteiger charge is 2.17. The lowest BCUT2D eigenvalue weighted by molar-refractivity contribution is 0.0695. The van der Waals surface area contributed by atoms with E-state index in [1.165, 1.54) is 11.6 Å². The fraction of sp³-hybridized carbons (Fsp3) is 0.217. The highest BCUT2D eigenvalue weighted by atomic mass is 16.4. The molecular weight excluding hydrogens is 366 g/mol. The number of carboxylic acid groups (broad SMARTS) is 1. The van der Waals surface area contributed by atoms with Crippen molar-refractivity contribution < 1.29 is 9.90 Å². The Morgan fingerprint density at radius 2 is 1.59 bits per heavy atom. The number of carboxylic acids is 1. The molecule has 2 aromatic carbocycles. The number of aromatic nitrogens is 1. The van der Waals surface area contributed by atoms with Crippen LogP contribution < -0.4 is 10.5 Å². The van der Waals surface area contributed by atoms with E-state index < -0.39 is 11.5 Å². The summed E-state index contributed by atoms with van der Waals surface area (Å²) in [6.45, 7) is 4.95. The summed E-state index contributed by atoms with van der Waals surface area (Å²) in [6, 6.07) is 21.5. The molecule has 0 unspecified atom stereocenters. The largest absolute Gasteiger partial charge is 0.477 e. The number of pyridine rings is 1. The molecule has 0 amide bonds. The summed E-state index contributed by atoms with van der Waals surface area (Å²) in [4.78, 5) is 30.3. The van der Waals surface area contributed by atoms with Gasteiger partial charge in [0.2, 0.25) is 0 Å². The van der Waals surface area contributed by atoms with Gasteiger partial charge >= 0.3 is 5.97 Å². The quantitative estimate of drug-likeness (QED) is 0.701. The molecule has 1 aliphatic rings. The van der Waals surface area contributed by atoms with Crippen LogP contribution in [0.25, 0.3) is 11.3 Å². The van der Waals surface area contributed by atoms with Crippen LogP contribution in [0.1, 0.15) is 15.9 Å². The van der Waals surface area contributed by atoms with Crippen molar-refractivity contribution in [1.29, 1.82) is 0 Å². The Balaban J connectivity index is 1.39. The molecule has 6 nitrogen and oxygen atoms in total. The standard InChI is InChI=1S/C23H23N3O3/c27-22-20(23(28)29)10-11-21(24-22)18-6-8-19(9-7-18)26-14-12-25(13-15-26)16-17-4-2-1-3-5-17/h1-11H,12-16H2,(H,24,27)(H,28,29). The molecule has 2 heterocycles. The minimum Gasteiger partial charge on any atom is -0.477 e. The first kappa shape index (κ1) is 19.0. The Kier molecular flexibility index (Phi) is 5.44. The average Bonchev–Trinajstić information content (AvgIpc) is 2.75. The van der Waals surface area contributed by atoms with Crippen LogP contribution >= 0.6 is 0 Å². The molecule has 6 heteroatoms. The van der Waals surface area contributed by atoms with Gasteiger partial charge in [-0.15, -0.1) is 0 Å². The molecule has 4 rings (SSSR count). The van der Waals surface area contributed by atoms with Crippen molar-refractivity contribution in [2.75, 3.05) is 31.1 Å². The number of nitrogens with zero attached hydrogens (tertiary/aromatic N) is 2. The van der Waals surface area contributed by atoms with Gasteiger partial charge in [0.25, 0.3) is 5.56 Å². The molecule has 2 N–H and O–H groups in total. The summed E-state index contributed by atoms with van der Waals surface area (Å²) >= 11 is 0. The Hall–Kier alpha value is -3.38. The molecule has 29 heavy (non-hydrogen) atoms. The smallest absolute Gasteiger partial charge is 0.341 e. The molecule has 1 fully saturated rings. The van der Waals surface area contributed by atoms with E-state index in [0.717, 1.165) is 44.0 Å². The first-order valence-corrected chi connectivity index (χ1v) is 9.68. The van der Waals surface area contributed by atoms with Crippen molar-refractivity contribution in [2.24, 2.45) is 0 Å². The first-order valence-electron chi connectivity index (χ1n) is 9.68. The van der Waals surface area contributed by atoms with E-state index in [0.29, 0.717) is 5.69 Å². The van der Waals surface area contributed by atoms with Gasteiger partial charge in [-0.3, -0.25) is 9.69 Å². The summed E-state index contributed by atoms with van der Waals surface area (Å²) in [5.41, 5.74) is 3.11. The number of aromatic amines is 1. The molecule has 0 aliphatic carbocycles. The number of nitrogens with one attached hydrogen (secondary N) is 1. The van der Waals surface area contributed by atoms with Crippen molar-refractivity contribution in [3.63, 3.8) is 0 Å². The number of aromatic carboxylic acids is 1. The topological polar surface area (TPSA) is 76.6 Å². The lowest BCUT2D eigenvalue weighted by Gasteiger charge is -2.36. The summed E-state index contributed by atoms with van der Waals surface area (Å²) < 4.78 is 0. The van der Waals surface area contributed by atoms with Crippen molar-refractivity contribution in [2.45, 2.75) is 6.54 Å². The number of hydrogen-bond acceptors (Lipinski definition) is 4. The number of carbonyl (C=O) groups is 1. The average molecular weight is 389 g/mol. The van der Waals surface area contributed by atoms with Crippen molar-refractivity contribution in [3.05, 3.63) is 88.2 Å². The van der Waals surface area contributed by atoms with Gasteiger partial charge in [0.1, 0.15) is 5.56 Å². The predicted molar refractivity (Wildman–Crippen MR) is 113 cm³/mol. The minimum absolute atomic E-state index is 0.251. The zero-order chi connectivity index (χ0) is 20.2. The van der Waals surface area contributed by atoms with Crippen LogP contribution in [-0.2, 0) is 6.54 Å². The van der Waals surface area contributed by atoms with E-state index in [1.807, 2.05) is 30.3 Å². The second-order valence-electron chi connectivity index (χ2n) is 7.22. The van der Waals surface area contributed by atoms with Crippen LogP contribution in [0.5, 0.6) is 0 Å². The van der Waals surface area contributed by atoms with Gasteiger partial charge in [-0.1, -0.05) is 42.5 Å². The van der Waals surface area contributed by atoms with Crippen LogP contribution in [0.2, 0.25) is 0 Å². The third-order valence-corrected chi connectivity index (χ3v) is 5.30. The van der Waals surface area contributed by atoms with Gasteiger partial charge in [0.15, 0.2) is 0 Å². The van der Waals surface area contributed by atoms with Crippen LogP contribution in [0.15, 0.2) is 71.5 Å². The lowest BCUT2D eigenvalue weighted by Crippen LogP contribution is -2.45. The number of hydrogen-bond donors (Lipinski definition) is 2. The summed E-state index contributed by atoms with van der Waals surface area (Å²) in [5, 5.41) is 8.98. The van der Waals surface area contributed by atoms with Gasteiger partial charge in [0.05, 0.1) is 0 Å². The van der Waals surface area contributed by atoms with E-state index >= 15 is 0 Å². The van der Waals surface area contributed by atoms with Crippen LogP contribution in [0.4, 0.5) is 5.69 Å². The molecule has 1 saturated heterocycles. The molecule has 0 bridgehead atoms. The van der Waals surface area contributed by atoms with Gasteiger partial charge in [0, 0.05) is 44.1 Å². The van der Waals surface area contributed by atoms with E-state index in [1.54, 1.807) is 6.07 Å². The molecule has 0 saturated carbocycles. The minimum atomic E-state index is -1.22. The highest BCUT2D eigenvalue weighted by molar-refractivity contribution is 5.87. The fourth-order valence-electron chi connectivity index (χ4n) is 3.67. The Morgan fingerprint density at radius 1 is 0.897 bits per heavy atom. The molecular formula is C23H23N3O3. The number of anilines is 1. The molecule has 0 atom stereocenters. The fourth-order valence-corrected chi connectivity index (χ4v) is 3.67. The summed E-state index contributed by atoms with van der Waals surface area (Å²) in [7, 11) is 0. The van der Waals surface area contributed by atoms with Gasteiger partial charge in [-0.05, 0) is 35.4 Å². The van der Waals surface area contributed by atoms with Crippen LogP contribution in [0, 0.1) is 0 Å². The van der Waals surface area contributed by atoms with Gasteiger partial charge in [-0.2, -0.15) is 0 Å². The normalized spacial score (nSPS) is 14.7. The number of rotatable bonds is 5. The first-order chi connectivity index (χ1) is 14.1. The van der Waals surface area contributed by atoms with E-state index in [-0.39, 0.29) is 5.56 Å². The zero-order valence-electron chi connectivity index (χ0n) is 16.0. The Morgan fingerprint density at radius 3 is 2.21 bits per heavy atom. The second-order valence-corrected chi connectivity index (χ2v) is 7.22. The summed E-state index contributed by atoms with van der Waals surface area (Å²) in [5.74, 6) is -1.22. The van der Waals surface area contributed by atoms with Gasteiger partial charge in [-0.25, -0.2) is 4.79 Å². The van der Waals surface area contributed by atoms with Crippen molar-refractivity contribution in [1.82, 2.24) is 9.88 Å². The van der Waals surface area contributed by atoms with Gasteiger partial charge < -0.3 is 15.0 Å². The third kappa shape index (κ3) is 4.38. The Labute approximate surface area is 169 Å². The molecule has 3 aromatic rings. The maximum atomic E-state index is 11.9. The zero-order valence-corrected chi connectivity index (χ0v) is 16.0. The van der Waals surface area contributed by atoms with E-state index in [9.17, 15) is 9.59 Å². The maximum absolute atomic E-state index is 11.9. The highest BCUT2D eigenvalue weighted by Crippen LogP contribution is 2.22. The Bertz CT molecular complexity index is 1040. The second kappa shape index (κ2) is 8.32. The number of H-pyrrole nitrogens is 1.